The van der Waals surface area contributed by atoms with Gasteiger partial charge in [0.2, 0.25) is 5.82 Å². The third-order valence-electron chi connectivity index (χ3n) is 4.66. The van der Waals surface area contributed by atoms with Gasteiger partial charge in [0, 0.05) is 5.39 Å². The minimum Gasteiger partial charge on any atom is -0.530 e. The topological polar surface area (TPSA) is 29.5 Å². The summed E-state index contributed by atoms with van der Waals surface area (Å²) in [5.41, 5.74) is -1.38. The summed E-state index contributed by atoms with van der Waals surface area (Å²) in [6, 6.07) is 4.87. The first-order chi connectivity index (χ1) is 14.6. The molecule has 11 heteroatoms. The molecule has 1 N–H and O–H groups in total. The van der Waals surface area contributed by atoms with E-state index in [9.17, 15) is 40.1 Å². The lowest BCUT2D eigenvalue weighted by Crippen LogP contribution is -2.42. The summed E-state index contributed by atoms with van der Waals surface area (Å²) >= 11 is 0. The van der Waals surface area contributed by atoms with Gasteiger partial charge in [0.15, 0.2) is 23.3 Å². The van der Waals surface area contributed by atoms with Crippen LogP contribution in [0.15, 0.2) is 36.4 Å². The Kier molecular flexibility index (Phi) is 5.00. The van der Waals surface area contributed by atoms with Gasteiger partial charge >= 0.3 is 7.12 Å². The molecule has 0 aliphatic rings. The second-order valence-corrected chi connectivity index (χ2v) is 6.45. The first-order valence-corrected chi connectivity index (χ1v) is 8.48. The molecular formula is C20H7BF8O2. The summed E-state index contributed by atoms with van der Waals surface area (Å²) in [7, 11) is -2.73. The van der Waals surface area contributed by atoms with Gasteiger partial charge in [0.25, 0.3) is 0 Å². The zero-order chi connectivity index (χ0) is 22.6. The molecule has 158 valence electrons. The fraction of sp³-hybridized carbons (Fsp3) is 0. The van der Waals surface area contributed by atoms with Crippen molar-refractivity contribution in [3.8, 4) is 5.75 Å². The average Bonchev–Trinajstić information content (AvgIpc) is 2.72. The summed E-state index contributed by atoms with van der Waals surface area (Å²) < 4.78 is 118. The molecule has 0 spiro atoms. The molecule has 0 heterocycles. The minimum absolute atomic E-state index is 0.210. The Labute approximate surface area is 168 Å². The van der Waals surface area contributed by atoms with E-state index >= 15 is 0 Å². The molecule has 0 radical (unpaired) electrons. The molecule has 0 aromatic heterocycles. The van der Waals surface area contributed by atoms with Crippen molar-refractivity contribution in [2.75, 3.05) is 0 Å². The number of halogens is 8. The van der Waals surface area contributed by atoms with Crippen molar-refractivity contribution in [1.82, 2.24) is 0 Å². The van der Waals surface area contributed by atoms with Gasteiger partial charge in [-0.3, -0.25) is 0 Å². The van der Waals surface area contributed by atoms with Crippen molar-refractivity contribution in [3.63, 3.8) is 0 Å². The van der Waals surface area contributed by atoms with E-state index in [4.69, 9.17) is 4.65 Å². The molecule has 0 amide bonds. The molecule has 0 aliphatic carbocycles. The Morgan fingerprint density at radius 3 is 2.03 bits per heavy atom. The Balaban J connectivity index is 2.01. The third-order valence-corrected chi connectivity index (χ3v) is 4.66. The largest absolute Gasteiger partial charge is 0.566 e. The maximum Gasteiger partial charge on any atom is 0.566 e. The Bertz CT molecular complexity index is 1380. The molecule has 0 saturated carbocycles. The molecule has 2 nitrogen and oxygen atoms in total. The molecule has 4 rings (SSSR count). The number of benzene rings is 4. The highest BCUT2D eigenvalue weighted by Gasteiger charge is 2.33. The fourth-order valence-corrected chi connectivity index (χ4v) is 3.24. The minimum atomic E-state index is -2.73. The zero-order valence-electron chi connectivity index (χ0n) is 14.9. The molecule has 0 atom stereocenters. The van der Waals surface area contributed by atoms with Crippen molar-refractivity contribution in [2.45, 2.75) is 0 Å². The molecule has 0 aliphatic heterocycles. The van der Waals surface area contributed by atoms with Crippen molar-refractivity contribution < 1.29 is 44.8 Å². The van der Waals surface area contributed by atoms with Crippen LogP contribution < -0.4 is 10.1 Å². The standard InChI is InChI=1S/C20H7BF8O2/c22-9-3-1-2-7-6-8-13(16(26)12(7)9)17(27)18(28)19(29)20(8)31-21(30)14-10(23)4-5-11(24)15(14)25/h1-6,30H. The van der Waals surface area contributed by atoms with E-state index in [1.807, 2.05) is 0 Å². The van der Waals surface area contributed by atoms with E-state index in [0.717, 1.165) is 18.2 Å². The Morgan fingerprint density at radius 1 is 0.645 bits per heavy atom. The Morgan fingerprint density at radius 2 is 1.32 bits per heavy atom. The van der Waals surface area contributed by atoms with E-state index < -0.39 is 81.0 Å². The monoisotopic (exact) mass is 442 g/mol. The summed E-state index contributed by atoms with van der Waals surface area (Å²) in [6.07, 6.45) is 0. The van der Waals surface area contributed by atoms with E-state index in [1.165, 1.54) is 6.07 Å². The van der Waals surface area contributed by atoms with Crippen LogP contribution in [0.2, 0.25) is 0 Å². The van der Waals surface area contributed by atoms with Gasteiger partial charge in [0.05, 0.1) is 16.2 Å². The summed E-state index contributed by atoms with van der Waals surface area (Å²) in [5, 5.41) is 7.06. The summed E-state index contributed by atoms with van der Waals surface area (Å²) in [5.74, 6) is -15.3. The maximum absolute atomic E-state index is 14.9. The highest BCUT2D eigenvalue weighted by Crippen LogP contribution is 2.39. The smallest absolute Gasteiger partial charge is 0.530 e. The number of hydrogen-bond acceptors (Lipinski definition) is 2. The highest BCUT2D eigenvalue weighted by atomic mass is 19.2. The lowest BCUT2D eigenvalue weighted by atomic mass is 9.78. The van der Waals surface area contributed by atoms with Gasteiger partial charge in [-0.15, -0.1) is 0 Å². The van der Waals surface area contributed by atoms with Crippen LogP contribution in [0.3, 0.4) is 0 Å². The lowest BCUT2D eigenvalue weighted by Gasteiger charge is -2.17. The van der Waals surface area contributed by atoms with Gasteiger partial charge in [-0.05, 0) is 29.7 Å². The second-order valence-electron chi connectivity index (χ2n) is 6.45. The molecule has 0 unspecified atom stereocenters. The van der Waals surface area contributed by atoms with E-state index in [0.29, 0.717) is 12.1 Å². The van der Waals surface area contributed by atoms with Crippen LogP contribution in [-0.2, 0) is 0 Å². The summed E-state index contributed by atoms with van der Waals surface area (Å²) in [4.78, 5) is 0. The normalized spacial score (nSPS) is 11.4. The average molecular weight is 442 g/mol. The van der Waals surface area contributed by atoms with Crippen molar-refractivity contribution in [2.24, 2.45) is 0 Å². The molecule has 31 heavy (non-hydrogen) atoms. The van der Waals surface area contributed by atoms with E-state index in [2.05, 4.69) is 0 Å². The molecule has 0 bridgehead atoms. The van der Waals surface area contributed by atoms with Gasteiger partial charge in [-0.1, -0.05) is 12.1 Å². The molecule has 4 aromatic rings. The molecule has 0 fully saturated rings. The second kappa shape index (κ2) is 7.42. The lowest BCUT2D eigenvalue weighted by molar-refractivity contribution is 0.387. The van der Waals surface area contributed by atoms with Crippen LogP contribution in [0.1, 0.15) is 0 Å². The number of fused-ring (bicyclic) bond motifs is 2. The van der Waals surface area contributed by atoms with E-state index in [-0.39, 0.29) is 5.39 Å². The maximum atomic E-state index is 14.9. The van der Waals surface area contributed by atoms with Gasteiger partial charge < -0.3 is 9.68 Å². The van der Waals surface area contributed by atoms with Gasteiger partial charge in [-0.25, -0.2) is 30.7 Å². The molecule has 0 saturated heterocycles. The van der Waals surface area contributed by atoms with Gasteiger partial charge in [-0.2, -0.15) is 4.39 Å². The van der Waals surface area contributed by atoms with Crippen molar-refractivity contribution in [1.29, 1.82) is 0 Å². The van der Waals surface area contributed by atoms with Crippen LogP contribution in [0.4, 0.5) is 35.1 Å². The van der Waals surface area contributed by atoms with Crippen molar-refractivity contribution in [3.05, 3.63) is 82.9 Å². The number of rotatable bonds is 3. The quantitative estimate of drug-likeness (QED) is 0.161. The SMILES string of the molecule is OB(Oc1c(F)c(F)c(F)c2c(F)c3c(F)cccc3cc12)c1c(F)ccc(F)c1F. The predicted octanol–water partition coefficient (Wildman–Crippen LogP) is 4.87. The van der Waals surface area contributed by atoms with Crippen molar-refractivity contribution >= 4 is 34.1 Å². The third kappa shape index (κ3) is 3.16. The predicted molar refractivity (Wildman–Crippen MR) is 95.8 cm³/mol. The first kappa shape index (κ1) is 20.9. The first-order valence-electron chi connectivity index (χ1n) is 8.48. The van der Waals surface area contributed by atoms with Crippen LogP contribution >= 0.6 is 0 Å². The molecular weight excluding hydrogens is 435 g/mol. The van der Waals surface area contributed by atoms with Crippen LogP contribution in [0, 0.1) is 46.5 Å². The molecule has 4 aromatic carbocycles. The van der Waals surface area contributed by atoms with Crippen LogP contribution in [-0.4, -0.2) is 12.1 Å². The van der Waals surface area contributed by atoms with Crippen LogP contribution in [0.25, 0.3) is 21.5 Å². The summed E-state index contributed by atoms with van der Waals surface area (Å²) in [6.45, 7) is 0. The van der Waals surface area contributed by atoms with E-state index in [1.54, 1.807) is 0 Å². The Hall–Kier alpha value is -3.34. The number of hydrogen-bond donors (Lipinski definition) is 1. The highest BCUT2D eigenvalue weighted by molar-refractivity contribution is 6.61. The van der Waals surface area contributed by atoms with Crippen LogP contribution in [0.5, 0.6) is 5.75 Å². The fourth-order valence-electron chi connectivity index (χ4n) is 3.24. The zero-order valence-corrected chi connectivity index (χ0v) is 14.9. The van der Waals surface area contributed by atoms with Gasteiger partial charge in [0.1, 0.15) is 23.2 Å².